The largest absolute Gasteiger partial charge is 0.493 e. The Kier molecular flexibility index (Phi) is 5.18. The monoisotopic (exact) mass is 313 g/mol. The molecule has 4 nitrogen and oxygen atoms in total. The minimum atomic E-state index is -0.589. The lowest BCUT2D eigenvalue weighted by atomic mass is 10.2. The van der Waals surface area contributed by atoms with Crippen molar-refractivity contribution in [1.82, 2.24) is 0 Å². The number of ether oxygens (including phenoxy) is 2. The second-order valence-electron chi connectivity index (χ2n) is 4.27. The number of rotatable bonds is 4. The van der Waals surface area contributed by atoms with Crippen molar-refractivity contribution in [3.63, 3.8) is 0 Å². The van der Waals surface area contributed by atoms with Crippen LogP contribution >= 0.6 is 11.6 Å². The van der Waals surface area contributed by atoms with Crippen molar-refractivity contribution in [1.29, 1.82) is 5.26 Å². The molecule has 0 N–H and O–H groups in total. The van der Waals surface area contributed by atoms with Crippen LogP contribution in [0.3, 0.4) is 0 Å². The zero-order chi connectivity index (χ0) is 15.9. The molecule has 0 aromatic heterocycles. The summed E-state index contributed by atoms with van der Waals surface area (Å²) in [4.78, 5) is 11.9. The molecule has 5 heteroatoms. The van der Waals surface area contributed by atoms with Gasteiger partial charge in [0, 0.05) is 12.1 Å². The van der Waals surface area contributed by atoms with Crippen LogP contribution < -0.4 is 9.47 Å². The molecule has 2 aromatic carbocycles. The maximum atomic E-state index is 11.9. The standard InChI is InChI=1S/C17H12ClNO3/c1-21-15-10-13(11-19)9-14(18)17(15)22-16(20)8-7-12-5-3-2-4-6-12/h2-10H,1H3/b8-7+. The first-order chi connectivity index (χ1) is 10.6. The van der Waals surface area contributed by atoms with Crippen LogP contribution in [0.1, 0.15) is 11.1 Å². The second-order valence-corrected chi connectivity index (χ2v) is 4.67. The van der Waals surface area contributed by atoms with E-state index in [0.29, 0.717) is 5.56 Å². The molecular formula is C17H12ClNO3. The van der Waals surface area contributed by atoms with Crippen LogP contribution in [-0.2, 0) is 4.79 Å². The predicted molar refractivity (Wildman–Crippen MR) is 83.8 cm³/mol. The van der Waals surface area contributed by atoms with Gasteiger partial charge in [-0.3, -0.25) is 0 Å². The Balaban J connectivity index is 2.18. The van der Waals surface area contributed by atoms with Gasteiger partial charge < -0.3 is 9.47 Å². The smallest absolute Gasteiger partial charge is 0.336 e. The minimum Gasteiger partial charge on any atom is -0.493 e. The number of benzene rings is 2. The summed E-state index contributed by atoms with van der Waals surface area (Å²) >= 11 is 6.02. The maximum Gasteiger partial charge on any atom is 0.336 e. The fraction of sp³-hybridized carbons (Fsp3) is 0.0588. The number of carbonyl (C=O) groups is 1. The van der Waals surface area contributed by atoms with Crippen LogP contribution in [0.5, 0.6) is 11.5 Å². The van der Waals surface area contributed by atoms with Crippen molar-refractivity contribution >= 4 is 23.6 Å². The lowest BCUT2D eigenvalue weighted by Gasteiger charge is -2.10. The number of carbonyl (C=O) groups excluding carboxylic acids is 1. The molecule has 0 heterocycles. The summed E-state index contributed by atoms with van der Waals surface area (Å²) in [7, 11) is 1.41. The van der Waals surface area contributed by atoms with Crippen LogP contribution in [-0.4, -0.2) is 13.1 Å². The third kappa shape index (κ3) is 3.87. The number of nitriles is 1. The molecule has 0 atom stereocenters. The van der Waals surface area contributed by atoms with Gasteiger partial charge >= 0.3 is 5.97 Å². The lowest BCUT2D eigenvalue weighted by Crippen LogP contribution is -2.05. The number of methoxy groups -OCH3 is 1. The highest BCUT2D eigenvalue weighted by Crippen LogP contribution is 2.36. The highest BCUT2D eigenvalue weighted by Gasteiger charge is 2.14. The van der Waals surface area contributed by atoms with Crippen molar-refractivity contribution in [2.75, 3.05) is 7.11 Å². The van der Waals surface area contributed by atoms with Crippen molar-refractivity contribution in [2.45, 2.75) is 0 Å². The molecule has 0 saturated carbocycles. The van der Waals surface area contributed by atoms with E-state index in [1.54, 1.807) is 6.08 Å². The highest BCUT2D eigenvalue weighted by molar-refractivity contribution is 6.32. The van der Waals surface area contributed by atoms with Gasteiger partial charge in [-0.05, 0) is 17.7 Å². The molecule has 110 valence electrons. The Morgan fingerprint density at radius 2 is 2.00 bits per heavy atom. The Labute approximate surface area is 133 Å². The summed E-state index contributed by atoms with van der Waals surface area (Å²) < 4.78 is 10.3. The van der Waals surface area contributed by atoms with E-state index in [1.165, 1.54) is 25.3 Å². The summed E-state index contributed by atoms with van der Waals surface area (Å²) in [6, 6.07) is 14.2. The SMILES string of the molecule is COc1cc(C#N)cc(Cl)c1OC(=O)/C=C/c1ccccc1. The molecule has 0 spiro atoms. The third-order valence-electron chi connectivity index (χ3n) is 2.77. The molecule has 0 aliphatic heterocycles. The van der Waals surface area contributed by atoms with Crippen LogP contribution in [0.25, 0.3) is 6.08 Å². The predicted octanol–water partition coefficient (Wildman–Crippen LogP) is 3.84. The fourth-order valence-corrected chi connectivity index (χ4v) is 2.00. The lowest BCUT2D eigenvalue weighted by molar-refractivity contribution is -0.129. The van der Waals surface area contributed by atoms with Crippen LogP contribution in [0.15, 0.2) is 48.5 Å². The highest BCUT2D eigenvalue weighted by atomic mass is 35.5. The van der Waals surface area contributed by atoms with Crippen molar-refractivity contribution < 1.29 is 14.3 Å². The molecule has 2 rings (SSSR count). The maximum absolute atomic E-state index is 11.9. The molecule has 0 aliphatic carbocycles. The Morgan fingerprint density at radius 1 is 1.27 bits per heavy atom. The summed E-state index contributed by atoms with van der Waals surface area (Å²) in [5.41, 5.74) is 1.19. The van der Waals surface area contributed by atoms with Gasteiger partial charge in [0.15, 0.2) is 11.5 Å². The molecule has 22 heavy (non-hydrogen) atoms. The normalized spacial score (nSPS) is 10.2. The van der Waals surface area contributed by atoms with E-state index in [9.17, 15) is 4.79 Å². The van der Waals surface area contributed by atoms with E-state index < -0.39 is 5.97 Å². The molecule has 0 unspecified atom stereocenters. The quantitative estimate of drug-likeness (QED) is 0.489. The van der Waals surface area contributed by atoms with Gasteiger partial charge in [-0.15, -0.1) is 0 Å². The third-order valence-corrected chi connectivity index (χ3v) is 3.05. The van der Waals surface area contributed by atoms with Crippen LogP contribution in [0.4, 0.5) is 0 Å². The first-order valence-electron chi connectivity index (χ1n) is 6.36. The Morgan fingerprint density at radius 3 is 2.64 bits per heavy atom. The summed E-state index contributed by atoms with van der Waals surface area (Å²) in [5, 5.41) is 9.02. The van der Waals surface area contributed by atoms with Crippen LogP contribution in [0, 0.1) is 11.3 Å². The number of hydrogen-bond donors (Lipinski definition) is 0. The van der Waals surface area contributed by atoms with Gasteiger partial charge in [-0.25, -0.2) is 4.79 Å². The molecule has 0 saturated heterocycles. The summed E-state index contributed by atoms with van der Waals surface area (Å²) in [6.07, 6.45) is 2.93. The van der Waals surface area contributed by atoms with Crippen molar-refractivity contribution in [3.8, 4) is 17.6 Å². The first-order valence-corrected chi connectivity index (χ1v) is 6.74. The van der Waals surface area contributed by atoms with Crippen LogP contribution in [0.2, 0.25) is 5.02 Å². The molecular weight excluding hydrogens is 302 g/mol. The van der Waals surface area contributed by atoms with Gasteiger partial charge in [0.25, 0.3) is 0 Å². The van der Waals surface area contributed by atoms with E-state index in [2.05, 4.69) is 0 Å². The molecule has 0 amide bonds. The number of esters is 1. The Bertz CT molecular complexity index is 748. The molecule has 0 aliphatic rings. The van der Waals surface area contributed by atoms with Gasteiger partial charge in [0.05, 0.1) is 23.8 Å². The zero-order valence-electron chi connectivity index (χ0n) is 11.7. The molecule has 0 bridgehead atoms. The first kappa shape index (κ1) is 15.6. The average molecular weight is 314 g/mol. The minimum absolute atomic E-state index is 0.0888. The van der Waals surface area contributed by atoms with Gasteiger partial charge in [-0.1, -0.05) is 41.9 Å². The average Bonchev–Trinajstić information content (AvgIpc) is 2.55. The number of halogens is 1. The van der Waals surface area contributed by atoms with Gasteiger partial charge in [-0.2, -0.15) is 5.26 Å². The van der Waals surface area contributed by atoms with E-state index in [-0.39, 0.29) is 16.5 Å². The van der Waals surface area contributed by atoms with Crippen molar-refractivity contribution in [2.24, 2.45) is 0 Å². The molecule has 0 radical (unpaired) electrons. The summed E-state index contributed by atoms with van der Waals surface area (Å²) in [6.45, 7) is 0. The van der Waals surface area contributed by atoms with Gasteiger partial charge in [0.2, 0.25) is 0 Å². The van der Waals surface area contributed by atoms with Gasteiger partial charge in [0.1, 0.15) is 0 Å². The van der Waals surface area contributed by atoms with Crippen molar-refractivity contribution in [3.05, 3.63) is 64.7 Å². The van der Waals surface area contributed by atoms with E-state index in [0.717, 1.165) is 5.56 Å². The topological polar surface area (TPSA) is 59.3 Å². The van der Waals surface area contributed by atoms with E-state index >= 15 is 0 Å². The second kappa shape index (κ2) is 7.30. The van der Waals surface area contributed by atoms with E-state index in [4.69, 9.17) is 26.3 Å². The zero-order valence-corrected chi connectivity index (χ0v) is 12.5. The molecule has 2 aromatic rings. The number of nitrogens with zero attached hydrogens (tertiary/aromatic N) is 1. The Hall–Kier alpha value is -2.77. The number of hydrogen-bond acceptors (Lipinski definition) is 4. The fourth-order valence-electron chi connectivity index (χ4n) is 1.75. The van der Waals surface area contributed by atoms with E-state index in [1.807, 2.05) is 36.4 Å². The molecule has 0 fully saturated rings. The summed E-state index contributed by atoms with van der Waals surface area (Å²) in [5.74, 6) is -0.273.